The molecule has 5 nitrogen and oxygen atoms in total. The third-order valence-corrected chi connectivity index (χ3v) is 5.76. The van der Waals surface area contributed by atoms with Gasteiger partial charge in [0, 0.05) is 29.8 Å². The number of rotatable bonds is 5. The molecular weight excluding hydrogens is 387 g/mol. The number of hydrogen-bond donors (Lipinski definition) is 2. The Morgan fingerprint density at radius 1 is 1.17 bits per heavy atom. The molecule has 0 amide bonds. The van der Waals surface area contributed by atoms with Crippen LogP contribution in [0.15, 0.2) is 54.7 Å². The highest BCUT2D eigenvalue weighted by atomic mass is 32.1. The van der Waals surface area contributed by atoms with E-state index in [4.69, 9.17) is 12.2 Å². The van der Waals surface area contributed by atoms with Crippen LogP contribution in [0.2, 0.25) is 0 Å². The predicted molar refractivity (Wildman–Crippen MR) is 114 cm³/mol. The minimum atomic E-state index is -0.258. The first-order chi connectivity index (χ1) is 14.0. The van der Waals surface area contributed by atoms with Crippen LogP contribution in [0.3, 0.4) is 0 Å². The maximum Gasteiger partial charge on any atom is 0.170 e. The van der Waals surface area contributed by atoms with E-state index in [-0.39, 0.29) is 24.5 Å². The molecule has 2 N–H and O–H groups in total. The normalized spacial score (nSPS) is 18.9. The molecule has 1 fully saturated rings. The van der Waals surface area contributed by atoms with E-state index in [1.165, 1.54) is 12.1 Å². The highest BCUT2D eigenvalue weighted by molar-refractivity contribution is 7.80. The molecule has 0 unspecified atom stereocenters. The fourth-order valence-electron chi connectivity index (χ4n) is 4.17. The van der Waals surface area contributed by atoms with Crippen LogP contribution in [0.5, 0.6) is 0 Å². The number of aromatic nitrogens is 2. The van der Waals surface area contributed by atoms with Gasteiger partial charge in [-0.15, -0.1) is 0 Å². The van der Waals surface area contributed by atoms with Gasteiger partial charge in [0.2, 0.25) is 0 Å². The smallest absolute Gasteiger partial charge is 0.170 e. The van der Waals surface area contributed by atoms with Crippen molar-refractivity contribution in [3.8, 4) is 5.69 Å². The number of halogens is 1. The molecule has 1 saturated heterocycles. The van der Waals surface area contributed by atoms with E-state index in [0.29, 0.717) is 11.7 Å². The summed E-state index contributed by atoms with van der Waals surface area (Å²) in [7, 11) is 0. The van der Waals surface area contributed by atoms with E-state index >= 15 is 0 Å². The number of hydrogen-bond acceptors (Lipinski definition) is 3. The third kappa shape index (κ3) is 3.52. The topological polar surface area (TPSA) is 53.3 Å². The van der Waals surface area contributed by atoms with Gasteiger partial charge in [0.05, 0.1) is 24.4 Å². The average Bonchev–Trinajstić information content (AvgIpc) is 3.20. The molecule has 0 radical (unpaired) electrons. The summed E-state index contributed by atoms with van der Waals surface area (Å²) in [6, 6.07) is 14.2. The summed E-state index contributed by atoms with van der Waals surface area (Å²) in [5.74, 6) is -0.258. The largest absolute Gasteiger partial charge is 0.395 e. The molecule has 0 aliphatic carbocycles. The molecule has 7 heteroatoms. The van der Waals surface area contributed by atoms with Gasteiger partial charge in [-0.05, 0) is 74.1 Å². The van der Waals surface area contributed by atoms with Crippen molar-refractivity contribution in [3.63, 3.8) is 0 Å². The molecule has 2 aromatic heterocycles. The van der Waals surface area contributed by atoms with Crippen LogP contribution in [0.1, 0.15) is 34.7 Å². The van der Waals surface area contributed by atoms with Gasteiger partial charge in [0.25, 0.3) is 0 Å². The Bertz CT molecular complexity index is 1020. The Balaban J connectivity index is 1.82. The first-order valence-corrected chi connectivity index (χ1v) is 9.95. The summed E-state index contributed by atoms with van der Waals surface area (Å²) in [5, 5.41) is 13.6. The highest BCUT2D eigenvalue weighted by Gasteiger charge is 2.41. The molecular formula is C22H23FN4OS. The first-order valence-electron chi connectivity index (χ1n) is 9.55. The zero-order valence-corrected chi connectivity index (χ0v) is 17.2. The molecule has 1 aromatic carbocycles. The number of nitrogens with one attached hydrogen (secondary N) is 1. The van der Waals surface area contributed by atoms with Crippen molar-refractivity contribution < 1.29 is 9.50 Å². The van der Waals surface area contributed by atoms with E-state index in [1.807, 2.05) is 30.0 Å². The Labute approximate surface area is 174 Å². The summed E-state index contributed by atoms with van der Waals surface area (Å²) in [6.07, 6.45) is 1.77. The maximum absolute atomic E-state index is 13.4. The molecule has 1 aliphatic rings. The van der Waals surface area contributed by atoms with Gasteiger partial charge in [0.15, 0.2) is 5.11 Å². The molecule has 3 heterocycles. The number of β-amino-alcohol motifs (C(OH)–C–C–N with tert-alkyl or cyclic N) is 1. The summed E-state index contributed by atoms with van der Waals surface area (Å²) in [4.78, 5) is 6.55. The quantitative estimate of drug-likeness (QED) is 0.630. The molecule has 4 rings (SSSR count). The monoisotopic (exact) mass is 410 g/mol. The predicted octanol–water partition coefficient (Wildman–Crippen LogP) is 3.59. The van der Waals surface area contributed by atoms with E-state index in [9.17, 15) is 9.50 Å². The Morgan fingerprint density at radius 3 is 2.59 bits per heavy atom. The van der Waals surface area contributed by atoms with Crippen molar-refractivity contribution >= 4 is 17.3 Å². The summed E-state index contributed by atoms with van der Waals surface area (Å²) < 4.78 is 15.5. The summed E-state index contributed by atoms with van der Waals surface area (Å²) in [6.45, 7) is 4.52. The Morgan fingerprint density at radius 2 is 1.93 bits per heavy atom. The van der Waals surface area contributed by atoms with Gasteiger partial charge in [-0.2, -0.15) is 0 Å². The summed E-state index contributed by atoms with van der Waals surface area (Å²) >= 11 is 5.58. The van der Waals surface area contributed by atoms with Crippen LogP contribution in [-0.2, 0) is 0 Å². The van der Waals surface area contributed by atoms with Crippen molar-refractivity contribution in [3.05, 3.63) is 83.2 Å². The van der Waals surface area contributed by atoms with Gasteiger partial charge >= 0.3 is 0 Å². The van der Waals surface area contributed by atoms with Crippen molar-refractivity contribution in [2.75, 3.05) is 13.2 Å². The molecule has 29 heavy (non-hydrogen) atoms. The molecule has 0 saturated carbocycles. The lowest BCUT2D eigenvalue weighted by molar-refractivity contribution is 0.223. The van der Waals surface area contributed by atoms with Gasteiger partial charge < -0.3 is 19.9 Å². The van der Waals surface area contributed by atoms with Crippen molar-refractivity contribution in [2.24, 2.45) is 0 Å². The first kappa shape index (κ1) is 19.5. The molecule has 3 aromatic rings. The van der Waals surface area contributed by atoms with Crippen LogP contribution in [0.4, 0.5) is 4.39 Å². The van der Waals surface area contributed by atoms with Crippen LogP contribution in [0.25, 0.3) is 5.69 Å². The van der Waals surface area contributed by atoms with Crippen molar-refractivity contribution in [1.29, 1.82) is 0 Å². The maximum atomic E-state index is 13.4. The fourth-order valence-corrected chi connectivity index (χ4v) is 4.50. The number of aliphatic hydroxyl groups is 1. The number of benzene rings is 1. The van der Waals surface area contributed by atoms with Crippen LogP contribution >= 0.6 is 12.2 Å². The lowest BCUT2D eigenvalue weighted by atomic mass is 9.97. The second kappa shape index (κ2) is 7.93. The zero-order valence-electron chi connectivity index (χ0n) is 16.3. The van der Waals surface area contributed by atoms with E-state index < -0.39 is 0 Å². The summed E-state index contributed by atoms with van der Waals surface area (Å²) in [5.41, 5.74) is 5.00. The lowest BCUT2D eigenvalue weighted by Crippen LogP contribution is -2.32. The van der Waals surface area contributed by atoms with E-state index in [0.717, 1.165) is 28.3 Å². The number of nitrogens with zero attached hydrogens (tertiary/aromatic N) is 3. The zero-order chi connectivity index (χ0) is 20.5. The van der Waals surface area contributed by atoms with E-state index in [2.05, 4.69) is 27.9 Å². The minimum absolute atomic E-state index is 0.00393. The molecule has 0 bridgehead atoms. The molecule has 0 spiro atoms. The third-order valence-electron chi connectivity index (χ3n) is 5.41. The number of thiocarbonyl (C=S) groups is 1. The van der Waals surface area contributed by atoms with Crippen molar-refractivity contribution in [2.45, 2.75) is 25.9 Å². The fraction of sp³-hybridized carbons (Fsp3) is 0.273. The Hall–Kier alpha value is -2.77. The van der Waals surface area contributed by atoms with Gasteiger partial charge in [-0.25, -0.2) is 4.39 Å². The molecule has 2 atom stereocenters. The average molecular weight is 411 g/mol. The second-order valence-corrected chi connectivity index (χ2v) is 7.57. The molecule has 1 aliphatic heterocycles. The number of aliphatic hydroxyl groups excluding tert-OH is 1. The van der Waals surface area contributed by atoms with Crippen LogP contribution in [-0.4, -0.2) is 37.8 Å². The van der Waals surface area contributed by atoms with E-state index in [1.54, 1.807) is 18.3 Å². The second-order valence-electron chi connectivity index (χ2n) is 7.18. The highest BCUT2D eigenvalue weighted by Crippen LogP contribution is 2.41. The molecule has 150 valence electrons. The Kier molecular flexibility index (Phi) is 5.34. The van der Waals surface area contributed by atoms with Crippen molar-refractivity contribution in [1.82, 2.24) is 19.8 Å². The lowest BCUT2D eigenvalue weighted by Gasteiger charge is -2.27. The standard InChI is InChI=1S/C22H23FN4OS/c1-14-13-18(15(2)27(14)17-8-6-16(23)7-9-17)21-20(19-5-3-4-10-24-19)25-22(29)26(21)11-12-28/h3-10,13,20-21,28H,11-12H2,1-2H3,(H,25,29)/t20-,21-/m0/s1. The van der Waals surface area contributed by atoms with Gasteiger partial charge in [-0.3, -0.25) is 4.98 Å². The van der Waals surface area contributed by atoms with Crippen LogP contribution in [0, 0.1) is 19.7 Å². The van der Waals surface area contributed by atoms with Gasteiger partial charge in [0.1, 0.15) is 5.82 Å². The van der Waals surface area contributed by atoms with Crippen LogP contribution < -0.4 is 5.32 Å². The number of pyridine rings is 1. The SMILES string of the molecule is Cc1cc([C@H]2[C@H](c3ccccn3)NC(=S)N2CCO)c(C)n1-c1ccc(F)cc1. The van der Waals surface area contributed by atoms with Gasteiger partial charge in [-0.1, -0.05) is 6.07 Å². The number of aryl methyl sites for hydroxylation is 1. The minimum Gasteiger partial charge on any atom is -0.395 e.